The number of aryl methyl sites for hydroxylation is 1. The van der Waals surface area contributed by atoms with Gasteiger partial charge in [-0.2, -0.15) is 0 Å². The highest BCUT2D eigenvalue weighted by atomic mass is 16.6. The molecule has 2 rings (SSSR count). The molecule has 2 N–H and O–H groups in total. The van der Waals surface area contributed by atoms with Crippen LogP contribution in [0.5, 0.6) is 0 Å². The largest absolute Gasteiger partial charge is 0.444 e. The first-order valence-electron chi connectivity index (χ1n) is 8.01. The van der Waals surface area contributed by atoms with Crippen LogP contribution in [0.1, 0.15) is 52.1 Å². The number of nitrogens with zero attached hydrogens (tertiary/aromatic N) is 2. The van der Waals surface area contributed by atoms with Gasteiger partial charge in [0.25, 0.3) is 0 Å². The third-order valence-electron chi connectivity index (χ3n) is 3.88. The minimum Gasteiger partial charge on any atom is -0.444 e. The number of rotatable bonds is 4. The smallest absolute Gasteiger partial charge is 0.407 e. The van der Waals surface area contributed by atoms with Gasteiger partial charge in [-0.3, -0.25) is 0 Å². The number of hydrogen-bond donors (Lipinski definition) is 2. The van der Waals surface area contributed by atoms with E-state index in [1.165, 1.54) is 5.69 Å². The highest BCUT2D eigenvalue weighted by Gasteiger charge is 2.25. The van der Waals surface area contributed by atoms with Crippen molar-refractivity contribution in [1.82, 2.24) is 20.2 Å². The number of nitrogens with one attached hydrogen (secondary N) is 2. The van der Waals surface area contributed by atoms with Gasteiger partial charge in [0.15, 0.2) is 0 Å². The Hall–Kier alpha value is -1.56. The van der Waals surface area contributed by atoms with Crippen molar-refractivity contribution in [3.05, 3.63) is 18.2 Å². The quantitative estimate of drug-likeness (QED) is 0.896. The fraction of sp³-hybridized carbons (Fsp3) is 0.750. The first-order valence-corrected chi connectivity index (χ1v) is 8.01. The second-order valence-electron chi connectivity index (χ2n) is 7.08. The van der Waals surface area contributed by atoms with Gasteiger partial charge >= 0.3 is 6.09 Å². The molecule has 1 amide bonds. The van der Waals surface area contributed by atoms with Gasteiger partial charge in [-0.15, -0.1) is 0 Å². The summed E-state index contributed by atoms with van der Waals surface area (Å²) in [6, 6.07) is 0.608. The maximum absolute atomic E-state index is 11.9. The molecule has 0 spiro atoms. The Kier molecular flexibility index (Phi) is 5.45. The lowest BCUT2D eigenvalue weighted by Gasteiger charge is -2.31. The lowest BCUT2D eigenvalue weighted by atomic mass is 9.91. The van der Waals surface area contributed by atoms with E-state index in [0.29, 0.717) is 6.04 Å². The number of carbonyl (C=O) groups is 1. The maximum Gasteiger partial charge on any atom is 0.407 e. The summed E-state index contributed by atoms with van der Waals surface area (Å²) in [6.07, 6.45) is 7.59. The van der Waals surface area contributed by atoms with Gasteiger partial charge in [-0.05, 0) is 46.5 Å². The van der Waals surface area contributed by atoms with Gasteiger partial charge in [0.05, 0.1) is 12.0 Å². The molecule has 2 unspecified atom stereocenters. The lowest BCUT2D eigenvalue weighted by Crippen LogP contribution is -2.45. The molecule has 1 aromatic heterocycles. The predicted octanol–water partition coefficient (Wildman–Crippen LogP) is 2.35. The van der Waals surface area contributed by atoms with Crippen molar-refractivity contribution in [2.75, 3.05) is 0 Å². The van der Waals surface area contributed by atoms with E-state index >= 15 is 0 Å². The zero-order valence-electron chi connectivity index (χ0n) is 14.1. The molecule has 0 saturated heterocycles. The highest BCUT2D eigenvalue weighted by Crippen LogP contribution is 2.19. The number of aromatic nitrogens is 2. The minimum absolute atomic E-state index is 0.188. The molecule has 0 aliphatic heterocycles. The third-order valence-corrected chi connectivity index (χ3v) is 3.88. The summed E-state index contributed by atoms with van der Waals surface area (Å²) in [7, 11) is 2.00. The number of alkyl carbamates (subject to hydrolysis) is 1. The Bertz CT molecular complexity index is 493. The van der Waals surface area contributed by atoms with Crippen LogP contribution < -0.4 is 10.6 Å². The van der Waals surface area contributed by atoms with Gasteiger partial charge in [0.2, 0.25) is 0 Å². The van der Waals surface area contributed by atoms with Crippen molar-refractivity contribution in [1.29, 1.82) is 0 Å². The molecule has 6 nitrogen and oxygen atoms in total. The van der Waals surface area contributed by atoms with Crippen molar-refractivity contribution in [2.24, 2.45) is 7.05 Å². The summed E-state index contributed by atoms with van der Waals surface area (Å²) in [5.74, 6) is 0. The van der Waals surface area contributed by atoms with Crippen molar-refractivity contribution in [2.45, 2.75) is 70.7 Å². The zero-order chi connectivity index (χ0) is 16.2. The molecule has 1 heterocycles. The summed E-state index contributed by atoms with van der Waals surface area (Å²) < 4.78 is 7.35. The predicted molar refractivity (Wildman–Crippen MR) is 85.5 cm³/mol. The van der Waals surface area contributed by atoms with E-state index in [1.807, 2.05) is 44.9 Å². The Morgan fingerprint density at radius 1 is 1.41 bits per heavy atom. The Balaban J connectivity index is 1.77. The molecule has 1 aromatic rings. The highest BCUT2D eigenvalue weighted by molar-refractivity contribution is 5.68. The normalized spacial score (nSPS) is 22.4. The summed E-state index contributed by atoms with van der Waals surface area (Å²) in [5.41, 5.74) is 0.720. The second-order valence-corrected chi connectivity index (χ2v) is 7.08. The number of imidazole rings is 1. The van der Waals surface area contributed by atoms with Gasteiger partial charge in [-0.1, -0.05) is 0 Å². The maximum atomic E-state index is 11.9. The monoisotopic (exact) mass is 308 g/mol. The molecule has 1 aliphatic carbocycles. The average Bonchev–Trinajstić information content (AvgIpc) is 2.80. The molecule has 1 saturated carbocycles. The summed E-state index contributed by atoms with van der Waals surface area (Å²) in [6.45, 7) is 6.45. The molecule has 1 aliphatic rings. The first kappa shape index (κ1) is 16.8. The van der Waals surface area contributed by atoms with Gasteiger partial charge < -0.3 is 19.9 Å². The van der Waals surface area contributed by atoms with Crippen LogP contribution in [0.3, 0.4) is 0 Å². The topological polar surface area (TPSA) is 68.2 Å². The van der Waals surface area contributed by atoms with Crippen molar-refractivity contribution >= 4 is 6.09 Å². The Labute approximate surface area is 132 Å². The first-order chi connectivity index (χ1) is 10.3. The van der Waals surface area contributed by atoms with E-state index in [4.69, 9.17) is 4.74 Å². The van der Waals surface area contributed by atoms with E-state index in [-0.39, 0.29) is 12.1 Å². The SMILES string of the molecule is Cn1cncc1CNC1CCCC(NC(=O)OC(C)(C)C)C1. The fourth-order valence-electron chi connectivity index (χ4n) is 2.78. The summed E-state index contributed by atoms with van der Waals surface area (Å²) in [4.78, 5) is 16.0. The molecule has 124 valence electrons. The Morgan fingerprint density at radius 2 is 2.14 bits per heavy atom. The lowest BCUT2D eigenvalue weighted by molar-refractivity contribution is 0.0488. The van der Waals surface area contributed by atoms with Crippen molar-refractivity contribution in [3.63, 3.8) is 0 Å². The molecule has 0 bridgehead atoms. The van der Waals surface area contributed by atoms with Crippen LogP contribution >= 0.6 is 0 Å². The van der Waals surface area contributed by atoms with Crippen LogP contribution in [-0.2, 0) is 18.3 Å². The van der Waals surface area contributed by atoms with Crippen molar-refractivity contribution in [3.8, 4) is 0 Å². The van der Waals surface area contributed by atoms with Crippen LogP contribution in [0, 0.1) is 0 Å². The molecular weight excluding hydrogens is 280 g/mol. The van der Waals surface area contributed by atoms with Crippen LogP contribution in [0.15, 0.2) is 12.5 Å². The van der Waals surface area contributed by atoms with Crippen LogP contribution in [-0.4, -0.2) is 33.3 Å². The van der Waals surface area contributed by atoms with Gasteiger partial charge in [-0.25, -0.2) is 9.78 Å². The fourth-order valence-corrected chi connectivity index (χ4v) is 2.78. The number of ether oxygens (including phenoxy) is 1. The number of amides is 1. The molecule has 0 aromatic carbocycles. The number of carbonyl (C=O) groups excluding carboxylic acids is 1. The molecule has 2 atom stereocenters. The van der Waals surface area contributed by atoms with Crippen LogP contribution in [0.2, 0.25) is 0 Å². The molecule has 6 heteroatoms. The standard InChI is InChI=1S/C16H28N4O2/c1-16(2,3)22-15(21)19-13-7-5-6-12(8-13)18-10-14-9-17-11-20(14)4/h9,11-13,18H,5-8,10H2,1-4H3,(H,19,21). The van der Waals surface area contributed by atoms with Crippen molar-refractivity contribution < 1.29 is 9.53 Å². The Morgan fingerprint density at radius 3 is 2.77 bits per heavy atom. The van der Waals surface area contributed by atoms with Crippen LogP contribution in [0.25, 0.3) is 0 Å². The zero-order valence-corrected chi connectivity index (χ0v) is 14.1. The molecule has 0 radical (unpaired) electrons. The average molecular weight is 308 g/mol. The van der Waals surface area contributed by atoms with E-state index in [9.17, 15) is 4.79 Å². The van der Waals surface area contributed by atoms with E-state index in [2.05, 4.69) is 15.6 Å². The van der Waals surface area contributed by atoms with Gasteiger partial charge in [0, 0.05) is 31.9 Å². The molecule has 22 heavy (non-hydrogen) atoms. The number of hydrogen-bond acceptors (Lipinski definition) is 4. The molecule has 1 fully saturated rings. The second kappa shape index (κ2) is 7.13. The third kappa shape index (κ3) is 5.33. The summed E-state index contributed by atoms with van der Waals surface area (Å²) in [5, 5.41) is 6.55. The van der Waals surface area contributed by atoms with Crippen LogP contribution in [0.4, 0.5) is 4.79 Å². The van der Waals surface area contributed by atoms with E-state index < -0.39 is 5.60 Å². The minimum atomic E-state index is -0.448. The summed E-state index contributed by atoms with van der Waals surface area (Å²) >= 11 is 0. The molecular formula is C16H28N4O2. The van der Waals surface area contributed by atoms with E-state index in [0.717, 1.165) is 32.2 Å². The van der Waals surface area contributed by atoms with E-state index in [1.54, 1.807) is 0 Å². The van der Waals surface area contributed by atoms with Gasteiger partial charge in [0.1, 0.15) is 5.60 Å².